The van der Waals surface area contributed by atoms with Crippen molar-refractivity contribution in [1.82, 2.24) is 14.8 Å². The second-order valence-corrected chi connectivity index (χ2v) is 10.8. The molecule has 1 aromatic heterocycles. The maximum absolute atomic E-state index is 12.3. The van der Waals surface area contributed by atoms with Crippen molar-refractivity contribution < 1.29 is 23.7 Å². The first-order valence-electron chi connectivity index (χ1n) is 14.5. The molecule has 0 aliphatic carbocycles. The number of benzene rings is 1. The van der Waals surface area contributed by atoms with Crippen molar-refractivity contribution in [3.8, 4) is 0 Å². The molecule has 4 rings (SSSR count). The Labute approximate surface area is 239 Å². The molecule has 9 heteroatoms. The molecular weight excluding hydrogens is 508 g/mol. The number of carbonyl (C=O) groups excluding carboxylic acids is 1. The van der Waals surface area contributed by atoms with E-state index in [1.165, 1.54) is 11.1 Å². The van der Waals surface area contributed by atoms with Crippen molar-refractivity contribution >= 4 is 11.7 Å². The maximum Gasteiger partial charge on any atom is 0.224 e. The van der Waals surface area contributed by atoms with Gasteiger partial charge in [-0.25, -0.2) is 4.98 Å². The van der Waals surface area contributed by atoms with Crippen molar-refractivity contribution in [2.45, 2.75) is 44.0 Å². The molecule has 0 bridgehead atoms. The number of rotatable bonds is 14. The van der Waals surface area contributed by atoms with Gasteiger partial charge in [0.15, 0.2) is 6.29 Å². The molecule has 0 saturated carbocycles. The minimum Gasteiger partial charge on any atom is -0.381 e. The fourth-order valence-electron chi connectivity index (χ4n) is 5.51. The number of anilines is 1. The van der Waals surface area contributed by atoms with Crippen molar-refractivity contribution in [2.24, 2.45) is 0 Å². The Hall–Kier alpha value is -2.56. The number of hydrogen-bond acceptors (Lipinski definition) is 8. The highest BCUT2D eigenvalue weighted by Crippen LogP contribution is 2.31. The highest BCUT2D eigenvalue weighted by Gasteiger charge is 2.39. The van der Waals surface area contributed by atoms with Crippen LogP contribution in [0.25, 0.3) is 0 Å². The second-order valence-electron chi connectivity index (χ2n) is 10.8. The molecule has 9 nitrogen and oxygen atoms in total. The summed E-state index contributed by atoms with van der Waals surface area (Å²) in [6.07, 6.45) is 5.80. The molecule has 0 radical (unpaired) electrons. The van der Waals surface area contributed by atoms with Crippen molar-refractivity contribution in [3.05, 3.63) is 59.8 Å². The minimum absolute atomic E-state index is 0.0188. The van der Waals surface area contributed by atoms with Gasteiger partial charge in [-0.2, -0.15) is 0 Å². The average molecular weight is 555 g/mol. The zero-order valence-corrected chi connectivity index (χ0v) is 24.4. The van der Waals surface area contributed by atoms with Gasteiger partial charge < -0.3 is 33.6 Å². The van der Waals surface area contributed by atoms with Crippen LogP contribution >= 0.6 is 0 Å². The molecule has 2 fully saturated rings. The predicted octanol–water partition coefficient (Wildman–Crippen LogP) is 3.02. The Morgan fingerprint density at radius 3 is 2.55 bits per heavy atom. The van der Waals surface area contributed by atoms with E-state index < -0.39 is 6.29 Å². The summed E-state index contributed by atoms with van der Waals surface area (Å²) >= 11 is 0. The van der Waals surface area contributed by atoms with Gasteiger partial charge in [0, 0.05) is 60.2 Å². The predicted molar refractivity (Wildman–Crippen MR) is 156 cm³/mol. The van der Waals surface area contributed by atoms with E-state index in [-0.39, 0.29) is 11.5 Å². The van der Waals surface area contributed by atoms with Gasteiger partial charge in [-0.1, -0.05) is 30.3 Å². The fourth-order valence-corrected chi connectivity index (χ4v) is 5.51. The Bertz CT molecular complexity index is 1030. The summed E-state index contributed by atoms with van der Waals surface area (Å²) in [4.78, 5) is 23.4. The highest BCUT2D eigenvalue weighted by molar-refractivity contribution is 5.75. The molecular formula is C31H46N4O5. The molecule has 0 atom stereocenters. The third-order valence-electron chi connectivity index (χ3n) is 8.07. The van der Waals surface area contributed by atoms with Crippen LogP contribution in [0.3, 0.4) is 0 Å². The summed E-state index contributed by atoms with van der Waals surface area (Å²) in [6.45, 7) is 7.19. The van der Waals surface area contributed by atoms with Gasteiger partial charge in [0.05, 0.1) is 38.4 Å². The minimum atomic E-state index is -0.414. The summed E-state index contributed by atoms with van der Waals surface area (Å²) in [6, 6.07) is 14.9. The van der Waals surface area contributed by atoms with Crippen molar-refractivity contribution in [3.63, 3.8) is 0 Å². The summed E-state index contributed by atoms with van der Waals surface area (Å²) < 4.78 is 22.4. The van der Waals surface area contributed by atoms with E-state index in [1.54, 1.807) is 26.2 Å². The van der Waals surface area contributed by atoms with Crippen LogP contribution in [0.15, 0.2) is 48.7 Å². The second kappa shape index (κ2) is 15.4. The maximum atomic E-state index is 12.3. The van der Waals surface area contributed by atoms with Gasteiger partial charge in [-0.05, 0) is 48.9 Å². The van der Waals surface area contributed by atoms with E-state index in [9.17, 15) is 4.79 Å². The SMILES string of the molecule is COC(CN(C)C(=O)CCOCCc1cccc(CCN2CCC3(CC2)CN(c2ccccn2)CCO3)c1)OC. The van der Waals surface area contributed by atoms with Crippen LogP contribution in [0.2, 0.25) is 0 Å². The number of aromatic nitrogens is 1. The molecule has 2 aliphatic rings. The topological polar surface area (TPSA) is 76.6 Å². The normalized spacial score (nSPS) is 17.4. The first kappa shape index (κ1) is 30.4. The average Bonchev–Trinajstić information content (AvgIpc) is 3.00. The van der Waals surface area contributed by atoms with Crippen LogP contribution in [0.5, 0.6) is 0 Å². The van der Waals surface area contributed by atoms with Gasteiger partial charge in [0.1, 0.15) is 5.82 Å². The third-order valence-corrected chi connectivity index (χ3v) is 8.07. The van der Waals surface area contributed by atoms with Crippen LogP contribution in [0, 0.1) is 0 Å². The lowest BCUT2D eigenvalue weighted by Gasteiger charge is -2.47. The molecule has 2 saturated heterocycles. The van der Waals surface area contributed by atoms with Gasteiger partial charge in [-0.3, -0.25) is 4.79 Å². The highest BCUT2D eigenvalue weighted by atomic mass is 16.7. The number of likely N-dealkylation sites (tertiary alicyclic amines) is 1. The molecule has 0 unspecified atom stereocenters. The van der Waals surface area contributed by atoms with Gasteiger partial charge in [0.2, 0.25) is 5.91 Å². The first-order chi connectivity index (χ1) is 19.5. The molecule has 0 N–H and O–H groups in total. The zero-order chi connectivity index (χ0) is 28.2. The van der Waals surface area contributed by atoms with E-state index in [0.29, 0.717) is 26.2 Å². The van der Waals surface area contributed by atoms with E-state index in [0.717, 1.165) is 70.8 Å². The monoisotopic (exact) mass is 554 g/mol. The zero-order valence-electron chi connectivity index (χ0n) is 24.4. The Morgan fingerprint density at radius 1 is 1.05 bits per heavy atom. The van der Waals surface area contributed by atoms with Crippen molar-refractivity contribution in [2.75, 3.05) is 85.3 Å². The van der Waals surface area contributed by atoms with Crippen LogP contribution in [0.1, 0.15) is 30.4 Å². The number of carbonyl (C=O) groups is 1. The summed E-state index contributed by atoms with van der Waals surface area (Å²) in [7, 11) is 4.89. The number of piperidine rings is 1. The molecule has 40 heavy (non-hydrogen) atoms. The van der Waals surface area contributed by atoms with Crippen LogP contribution in [0.4, 0.5) is 5.82 Å². The number of nitrogens with zero attached hydrogens (tertiary/aromatic N) is 4. The molecule has 2 aliphatic heterocycles. The third kappa shape index (κ3) is 8.97. The van der Waals surface area contributed by atoms with Crippen molar-refractivity contribution in [1.29, 1.82) is 0 Å². The number of ether oxygens (including phenoxy) is 4. The lowest BCUT2D eigenvalue weighted by atomic mass is 9.89. The van der Waals surface area contributed by atoms with E-state index in [4.69, 9.17) is 18.9 Å². The smallest absolute Gasteiger partial charge is 0.224 e. The van der Waals surface area contributed by atoms with E-state index >= 15 is 0 Å². The number of likely N-dealkylation sites (N-methyl/N-ethyl adjacent to an activating group) is 1. The van der Waals surface area contributed by atoms with Gasteiger partial charge in [-0.15, -0.1) is 0 Å². The quantitative estimate of drug-likeness (QED) is 0.261. The molecule has 1 spiro atoms. The van der Waals surface area contributed by atoms with Crippen LogP contribution < -0.4 is 4.90 Å². The summed E-state index contributed by atoms with van der Waals surface area (Å²) in [5.74, 6) is 1.07. The lowest BCUT2D eigenvalue weighted by Crippen LogP contribution is -2.57. The number of hydrogen-bond donors (Lipinski definition) is 0. The standard InChI is InChI=1S/C31H46N4O5/c1-33(24-30(37-2)38-3)29(36)12-21-39-20-11-27-8-6-7-26(23-27)10-16-34-17-13-31(14-18-34)25-35(19-22-40-31)28-9-4-5-15-32-28/h4-9,15,23,30H,10-14,16-22,24-25H2,1-3H3. The molecule has 220 valence electrons. The van der Waals surface area contributed by atoms with Gasteiger partial charge >= 0.3 is 0 Å². The fraction of sp³-hybridized carbons (Fsp3) is 0.613. The van der Waals surface area contributed by atoms with E-state index in [1.807, 2.05) is 12.3 Å². The van der Waals surface area contributed by atoms with Crippen LogP contribution in [-0.4, -0.2) is 113 Å². The summed E-state index contributed by atoms with van der Waals surface area (Å²) in [5, 5.41) is 0. The molecule has 2 aromatic rings. The van der Waals surface area contributed by atoms with E-state index in [2.05, 4.69) is 51.2 Å². The Kier molecular flexibility index (Phi) is 11.7. The molecule has 1 aromatic carbocycles. The van der Waals surface area contributed by atoms with Crippen LogP contribution in [-0.2, 0) is 36.6 Å². The lowest BCUT2D eigenvalue weighted by molar-refractivity contribution is -0.143. The Balaban J connectivity index is 1.13. The molecule has 3 heterocycles. The van der Waals surface area contributed by atoms with Gasteiger partial charge in [0.25, 0.3) is 0 Å². The largest absolute Gasteiger partial charge is 0.381 e. The number of methoxy groups -OCH3 is 2. The first-order valence-corrected chi connectivity index (χ1v) is 14.5. The Morgan fingerprint density at radius 2 is 1.82 bits per heavy atom. The number of pyridine rings is 1. The number of morpholine rings is 1. The number of amides is 1. The molecule has 1 amide bonds. The summed E-state index contributed by atoms with van der Waals surface area (Å²) in [5.41, 5.74) is 2.57.